The van der Waals surface area contributed by atoms with Crippen LogP contribution in [-0.2, 0) is 6.54 Å². The normalized spacial score (nSPS) is 15.4. The van der Waals surface area contributed by atoms with E-state index in [0.29, 0.717) is 12.5 Å². The van der Waals surface area contributed by atoms with Gasteiger partial charge in [-0.2, -0.15) is 11.3 Å². The lowest BCUT2D eigenvalue weighted by molar-refractivity contribution is 0.181. The molecule has 122 valence electrons. The van der Waals surface area contributed by atoms with E-state index < -0.39 is 0 Å². The number of hydrogen-bond acceptors (Lipinski definition) is 3. The van der Waals surface area contributed by atoms with E-state index in [-0.39, 0.29) is 6.03 Å². The Bertz CT molecular complexity index is 617. The molecule has 5 heteroatoms. The van der Waals surface area contributed by atoms with Crippen LogP contribution in [0.2, 0.25) is 0 Å². The van der Waals surface area contributed by atoms with Gasteiger partial charge < -0.3 is 15.0 Å². The molecule has 1 aliphatic rings. The number of carbonyl (C=O) groups excluding carboxylic acids is 1. The fraction of sp³-hybridized carbons (Fsp3) is 0.389. The van der Waals surface area contributed by atoms with Crippen LogP contribution < -0.4 is 10.1 Å². The van der Waals surface area contributed by atoms with Gasteiger partial charge in [0.25, 0.3) is 0 Å². The van der Waals surface area contributed by atoms with Gasteiger partial charge in [-0.05, 0) is 58.8 Å². The second-order valence-corrected chi connectivity index (χ2v) is 6.60. The highest BCUT2D eigenvalue weighted by Gasteiger charge is 2.23. The van der Waals surface area contributed by atoms with Crippen molar-refractivity contribution >= 4 is 17.4 Å². The molecule has 1 aromatic carbocycles. The summed E-state index contributed by atoms with van der Waals surface area (Å²) in [6, 6.07) is 10.0. The van der Waals surface area contributed by atoms with Crippen molar-refractivity contribution in [1.29, 1.82) is 0 Å². The minimum Gasteiger partial charge on any atom is -0.497 e. The molecule has 0 unspecified atom stereocenters. The van der Waals surface area contributed by atoms with Crippen molar-refractivity contribution in [3.8, 4) is 5.75 Å². The lowest BCUT2D eigenvalue weighted by Crippen LogP contribution is -2.43. The minimum absolute atomic E-state index is 0.0320. The molecule has 0 bridgehead atoms. The second kappa shape index (κ2) is 7.51. The quantitative estimate of drug-likeness (QED) is 0.925. The second-order valence-electron chi connectivity index (χ2n) is 5.82. The number of ether oxygens (including phenoxy) is 1. The first-order chi connectivity index (χ1) is 11.3. The molecule has 0 saturated carbocycles. The number of hydrogen-bond donors (Lipinski definition) is 1. The van der Waals surface area contributed by atoms with Crippen LogP contribution in [0.1, 0.15) is 29.9 Å². The van der Waals surface area contributed by atoms with E-state index in [1.807, 2.05) is 29.2 Å². The molecule has 2 amide bonds. The number of nitrogens with zero attached hydrogens (tertiary/aromatic N) is 1. The van der Waals surface area contributed by atoms with Gasteiger partial charge in [-0.3, -0.25) is 0 Å². The Hall–Kier alpha value is -2.01. The average Bonchev–Trinajstić information content (AvgIpc) is 3.15. The maximum atomic E-state index is 12.3. The Kier molecular flexibility index (Phi) is 5.18. The third kappa shape index (κ3) is 4.05. The zero-order chi connectivity index (χ0) is 16.1. The smallest absolute Gasteiger partial charge is 0.317 e. The van der Waals surface area contributed by atoms with Crippen LogP contribution in [0, 0.1) is 0 Å². The zero-order valence-corrected chi connectivity index (χ0v) is 14.1. The van der Waals surface area contributed by atoms with Crippen LogP contribution in [-0.4, -0.2) is 31.1 Å². The summed E-state index contributed by atoms with van der Waals surface area (Å²) in [5.74, 6) is 1.43. The topological polar surface area (TPSA) is 41.6 Å². The van der Waals surface area contributed by atoms with Crippen LogP contribution >= 0.6 is 11.3 Å². The van der Waals surface area contributed by atoms with Crippen molar-refractivity contribution in [1.82, 2.24) is 10.2 Å². The summed E-state index contributed by atoms with van der Waals surface area (Å²) in [6.07, 6.45) is 2.10. The first kappa shape index (κ1) is 15.9. The number of thiophene rings is 1. The number of likely N-dealkylation sites (tertiary alicyclic amines) is 1. The molecule has 4 nitrogen and oxygen atoms in total. The summed E-state index contributed by atoms with van der Waals surface area (Å²) in [5.41, 5.74) is 2.50. The summed E-state index contributed by atoms with van der Waals surface area (Å²) in [7, 11) is 1.65. The first-order valence-electron chi connectivity index (χ1n) is 7.94. The molecule has 0 spiro atoms. The van der Waals surface area contributed by atoms with Crippen LogP contribution in [0.3, 0.4) is 0 Å². The maximum Gasteiger partial charge on any atom is 0.317 e. The number of nitrogens with one attached hydrogen (secondary N) is 1. The van der Waals surface area contributed by atoms with E-state index in [4.69, 9.17) is 4.74 Å². The lowest BCUT2D eigenvalue weighted by atomic mass is 9.91. The fourth-order valence-corrected chi connectivity index (χ4v) is 3.70. The molecule has 1 aliphatic heterocycles. The molecule has 2 heterocycles. The van der Waals surface area contributed by atoms with Gasteiger partial charge in [0.15, 0.2) is 0 Å². The van der Waals surface area contributed by atoms with Crippen LogP contribution in [0.15, 0.2) is 41.1 Å². The number of benzene rings is 1. The van der Waals surface area contributed by atoms with E-state index in [1.54, 1.807) is 18.4 Å². The van der Waals surface area contributed by atoms with Crippen LogP contribution in [0.4, 0.5) is 4.79 Å². The molecule has 1 aromatic heterocycles. The van der Waals surface area contributed by atoms with E-state index in [0.717, 1.165) is 37.2 Å². The molecule has 1 fully saturated rings. The maximum absolute atomic E-state index is 12.3. The SMILES string of the molecule is COc1ccc(CNC(=O)N2CCC(c3ccsc3)CC2)cc1. The summed E-state index contributed by atoms with van der Waals surface area (Å²) in [5, 5.41) is 7.36. The molecule has 2 aromatic rings. The zero-order valence-electron chi connectivity index (χ0n) is 13.3. The van der Waals surface area contributed by atoms with Gasteiger partial charge >= 0.3 is 6.03 Å². The predicted molar refractivity (Wildman–Crippen MR) is 93.1 cm³/mol. The molecule has 0 atom stereocenters. The number of amides is 2. The van der Waals surface area contributed by atoms with Gasteiger partial charge in [0.2, 0.25) is 0 Å². The standard InChI is InChI=1S/C18H22N2O2S/c1-22-17-4-2-14(3-5-17)12-19-18(21)20-9-6-15(7-10-20)16-8-11-23-13-16/h2-5,8,11,13,15H,6-7,9-10,12H2,1H3,(H,19,21). The van der Waals surface area contributed by atoms with E-state index in [9.17, 15) is 4.79 Å². The number of methoxy groups -OCH3 is 1. The number of piperidine rings is 1. The lowest BCUT2D eigenvalue weighted by Gasteiger charge is -2.31. The molecule has 23 heavy (non-hydrogen) atoms. The minimum atomic E-state index is 0.0320. The predicted octanol–water partition coefficient (Wildman–Crippen LogP) is 3.85. The van der Waals surface area contributed by atoms with Gasteiger partial charge in [-0.25, -0.2) is 4.79 Å². The highest BCUT2D eigenvalue weighted by molar-refractivity contribution is 7.07. The number of carbonyl (C=O) groups is 1. The molecule has 1 saturated heterocycles. The molecule has 1 N–H and O–H groups in total. The molecule has 0 radical (unpaired) electrons. The first-order valence-corrected chi connectivity index (χ1v) is 8.88. The molecular weight excluding hydrogens is 308 g/mol. The highest BCUT2D eigenvalue weighted by Crippen LogP contribution is 2.29. The average molecular weight is 330 g/mol. The summed E-state index contributed by atoms with van der Waals surface area (Å²) in [4.78, 5) is 14.2. The van der Waals surface area contributed by atoms with Gasteiger partial charge in [0.05, 0.1) is 7.11 Å². The van der Waals surface area contributed by atoms with Gasteiger partial charge in [0.1, 0.15) is 5.75 Å². The molecule has 0 aliphatic carbocycles. The van der Waals surface area contributed by atoms with Crippen LogP contribution in [0.25, 0.3) is 0 Å². The largest absolute Gasteiger partial charge is 0.497 e. The van der Waals surface area contributed by atoms with E-state index in [2.05, 4.69) is 22.1 Å². The van der Waals surface area contributed by atoms with Crippen molar-refractivity contribution in [3.63, 3.8) is 0 Å². The summed E-state index contributed by atoms with van der Waals surface area (Å²) >= 11 is 1.75. The van der Waals surface area contributed by atoms with Crippen molar-refractivity contribution in [2.24, 2.45) is 0 Å². The van der Waals surface area contributed by atoms with E-state index in [1.165, 1.54) is 5.56 Å². The number of rotatable bonds is 4. The van der Waals surface area contributed by atoms with Gasteiger partial charge in [0, 0.05) is 19.6 Å². The molecular formula is C18H22N2O2S. The fourth-order valence-electron chi connectivity index (χ4n) is 2.96. The van der Waals surface area contributed by atoms with Gasteiger partial charge in [-0.1, -0.05) is 12.1 Å². The van der Waals surface area contributed by atoms with E-state index >= 15 is 0 Å². The molecule has 3 rings (SSSR count). The third-order valence-corrected chi connectivity index (χ3v) is 5.10. The van der Waals surface area contributed by atoms with Gasteiger partial charge in [-0.15, -0.1) is 0 Å². The Morgan fingerprint density at radius 3 is 2.61 bits per heavy atom. The highest BCUT2D eigenvalue weighted by atomic mass is 32.1. The van der Waals surface area contributed by atoms with Crippen molar-refractivity contribution in [2.75, 3.05) is 20.2 Å². The summed E-state index contributed by atoms with van der Waals surface area (Å²) in [6.45, 7) is 2.21. The Labute approximate surface area is 141 Å². The Balaban J connectivity index is 1.45. The van der Waals surface area contributed by atoms with Crippen molar-refractivity contribution < 1.29 is 9.53 Å². The number of urea groups is 1. The summed E-state index contributed by atoms with van der Waals surface area (Å²) < 4.78 is 5.14. The Morgan fingerprint density at radius 1 is 1.26 bits per heavy atom. The third-order valence-electron chi connectivity index (χ3n) is 4.40. The van der Waals surface area contributed by atoms with Crippen molar-refractivity contribution in [2.45, 2.75) is 25.3 Å². The van der Waals surface area contributed by atoms with Crippen molar-refractivity contribution in [3.05, 3.63) is 52.2 Å². The Morgan fingerprint density at radius 2 is 2.00 bits per heavy atom. The van der Waals surface area contributed by atoms with Crippen LogP contribution in [0.5, 0.6) is 5.75 Å². The monoisotopic (exact) mass is 330 g/mol.